The van der Waals surface area contributed by atoms with E-state index in [1.165, 1.54) is 0 Å². The number of rotatable bonds is 5. The largest absolute Gasteiger partial charge is 0.486 e. The SMILES string of the molecule is O=C(CCc1nc(-c2ccc(Cl)cc2)no1)N1CCC[C@H]1c1ccc2c(c1)OCCO2. The fourth-order valence-electron chi connectivity index (χ4n) is 4.11. The topological polar surface area (TPSA) is 77.7 Å². The standard InChI is InChI=1S/C23H22ClN3O4/c24-17-6-3-15(4-7-17)23-25-21(31-26-23)9-10-22(28)27-11-1-2-18(27)16-5-8-19-20(14-16)30-13-12-29-19/h3-8,14,18H,1-2,9-13H2/t18-/m0/s1. The van der Waals surface area contributed by atoms with Gasteiger partial charge in [0.25, 0.3) is 0 Å². The van der Waals surface area contributed by atoms with Crippen molar-refractivity contribution in [3.05, 3.63) is 58.9 Å². The maximum atomic E-state index is 13.0. The zero-order valence-electron chi connectivity index (χ0n) is 16.9. The Kier molecular flexibility index (Phi) is 5.51. The molecule has 0 radical (unpaired) electrons. The molecule has 0 spiro atoms. The van der Waals surface area contributed by atoms with Gasteiger partial charge in [-0.15, -0.1) is 0 Å². The molecule has 7 nitrogen and oxygen atoms in total. The van der Waals surface area contributed by atoms with Gasteiger partial charge in [0.2, 0.25) is 17.6 Å². The molecule has 0 unspecified atom stereocenters. The second-order valence-corrected chi connectivity index (χ2v) is 8.10. The Morgan fingerprint density at radius 3 is 2.74 bits per heavy atom. The van der Waals surface area contributed by atoms with Crippen molar-refractivity contribution in [1.29, 1.82) is 0 Å². The fraction of sp³-hybridized carbons (Fsp3) is 0.348. The third kappa shape index (κ3) is 4.23. The van der Waals surface area contributed by atoms with Crippen molar-refractivity contribution in [2.24, 2.45) is 0 Å². The number of aryl methyl sites for hydroxylation is 1. The van der Waals surface area contributed by atoms with Gasteiger partial charge in [-0.25, -0.2) is 0 Å². The van der Waals surface area contributed by atoms with Crippen LogP contribution in [0.1, 0.15) is 36.8 Å². The quantitative estimate of drug-likeness (QED) is 0.584. The van der Waals surface area contributed by atoms with Gasteiger partial charge in [-0.1, -0.05) is 22.8 Å². The number of carbonyl (C=O) groups is 1. The van der Waals surface area contributed by atoms with Crippen molar-refractivity contribution in [3.8, 4) is 22.9 Å². The zero-order chi connectivity index (χ0) is 21.2. The van der Waals surface area contributed by atoms with Crippen LogP contribution in [-0.4, -0.2) is 40.7 Å². The summed E-state index contributed by atoms with van der Waals surface area (Å²) in [4.78, 5) is 19.3. The number of hydrogen-bond acceptors (Lipinski definition) is 6. The van der Waals surface area contributed by atoms with Gasteiger partial charge in [0.1, 0.15) is 13.2 Å². The predicted octanol–water partition coefficient (Wildman–Crippen LogP) is 4.46. The number of likely N-dealkylation sites (tertiary alicyclic amines) is 1. The van der Waals surface area contributed by atoms with Gasteiger partial charge in [0, 0.05) is 30.0 Å². The Labute approximate surface area is 184 Å². The highest BCUT2D eigenvalue weighted by molar-refractivity contribution is 6.30. The van der Waals surface area contributed by atoms with E-state index in [0.29, 0.717) is 42.8 Å². The second-order valence-electron chi connectivity index (χ2n) is 7.67. The van der Waals surface area contributed by atoms with Crippen molar-refractivity contribution in [3.63, 3.8) is 0 Å². The highest BCUT2D eigenvalue weighted by Crippen LogP contribution is 2.38. The molecule has 160 valence electrons. The molecular formula is C23H22ClN3O4. The molecule has 1 fully saturated rings. The summed E-state index contributed by atoms with van der Waals surface area (Å²) < 4.78 is 16.7. The molecule has 1 atom stereocenters. The van der Waals surface area contributed by atoms with Crippen LogP contribution >= 0.6 is 11.6 Å². The lowest BCUT2D eigenvalue weighted by atomic mass is 10.0. The van der Waals surface area contributed by atoms with Crippen LogP contribution < -0.4 is 9.47 Å². The summed E-state index contributed by atoms with van der Waals surface area (Å²) in [7, 11) is 0. The molecule has 0 aliphatic carbocycles. The first-order valence-electron chi connectivity index (χ1n) is 10.4. The van der Waals surface area contributed by atoms with Gasteiger partial charge in [0.05, 0.1) is 6.04 Å². The Morgan fingerprint density at radius 2 is 1.90 bits per heavy atom. The Morgan fingerprint density at radius 1 is 1.10 bits per heavy atom. The highest BCUT2D eigenvalue weighted by Gasteiger charge is 2.31. The lowest BCUT2D eigenvalue weighted by Gasteiger charge is -2.26. The van der Waals surface area contributed by atoms with Gasteiger partial charge >= 0.3 is 0 Å². The van der Waals surface area contributed by atoms with Crippen molar-refractivity contribution in [2.75, 3.05) is 19.8 Å². The van der Waals surface area contributed by atoms with E-state index in [1.807, 2.05) is 35.2 Å². The van der Waals surface area contributed by atoms with Gasteiger partial charge in [-0.05, 0) is 54.8 Å². The first-order chi connectivity index (χ1) is 15.2. The van der Waals surface area contributed by atoms with E-state index in [9.17, 15) is 4.79 Å². The number of amides is 1. The third-order valence-electron chi connectivity index (χ3n) is 5.65. The molecule has 3 aromatic rings. The summed E-state index contributed by atoms with van der Waals surface area (Å²) in [6, 6.07) is 13.2. The minimum absolute atomic E-state index is 0.0515. The molecule has 1 amide bonds. The smallest absolute Gasteiger partial charge is 0.227 e. The average molecular weight is 440 g/mol. The summed E-state index contributed by atoms with van der Waals surface area (Å²) in [5.41, 5.74) is 1.90. The Bertz CT molecular complexity index is 1080. The van der Waals surface area contributed by atoms with Crippen LogP contribution in [0.5, 0.6) is 11.5 Å². The van der Waals surface area contributed by atoms with Crippen LogP contribution in [0.3, 0.4) is 0 Å². The van der Waals surface area contributed by atoms with Crippen LogP contribution in [0.15, 0.2) is 47.0 Å². The lowest BCUT2D eigenvalue weighted by molar-refractivity contribution is -0.132. The minimum Gasteiger partial charge on any atom is -0.486 e. The summed E-state index contributed by atoms with van der Waals surface area (Å²) in [6.07, 6.45) is 2.64. The number of carbonyl (C=O) groups excluding carboxylic acids is 1. The molecule has 0 N–H and O–H groups in total. The van der Waals surface area contributed by atoms with E-state index < -0.39 is 0 Å². The van der Waals surface area contributed by atoms with Crippen LogP contribution in [0.4, 0.5) is 0 Å². The average Bonchev–Trinajstić information content (AvgIpc) is 3.48. The molecule has 3 heterocycles. The van der Waals surface area contributed by atoms with Crippen LogP contribution in [0, 0.1) is 0 Å². The number of hydrogen-bond donors (Lipinski definition) is 0. The summed E-state index contributed by atoms with van der Waals surface area (Å²) >= 11 is 5.92. The molecule has 1 aromatic heterocycles. The van der Waals surface area contributed by atoms with E-state index >= 15 is 0 Å². The van der Waals surface area contributed by atoms with E-state index in [1.54, 1.807) is 12.1 Å². The second kappa shape index (κ2) is 8.59. The first kappa shape index (κ1) is 19.9. The van der Waals surface area contributed by atoms with Crippen molar-refractivity contribution < 1.29 is 18.8 Å². The predicted molar refractivity (Wildman–Crippen MR) is 114 cm³/mol. The number of nitrogens with zero attached hydrogens (tertiary/aromatic N) is 3. The van der Waals surface area contributed by atoms with Crippen molar-refractivity contribution >= 4 is 17.5 Å². The Hall–Kier alpha value is -3.06. The number of halogens is 1. The van der Waals surface area contributed by atoms with Gasteiger partial charge in [0.15, 0.2) is 11.5 Å². The number of fused-ring (bicyclic) bond motifs is 1. The lowest BCUT2D eigenvalue weighted by Crippen LogP contribution is -2.30. The number of benzene rings is 2. The summed E-state index contributed by atoms with van der Waals surface area (Å²) in [5, 5.41) is 4.66. The van der Waals surface area contributed by atoms with Gasteiger partial charge in [-0.2, -0.15) is 4.98 Å². The summed E-state index contributed by atoms with van der Waals surface area (Å²) in [5.74, 6) is 2.55. The Balaban J connectivity index is 1.23. The van der Waals surface area contributed by atoms with Crippen molar-refractivity contribution in [2.45, 2.75) is 31.7 Å². The normalized spacial score (nSPS) is 17.7. The van der Waals surface area contributed by atoms with E-state index in [2.05, 4.69) is 10.1 Å². The molecule has 8 heteroatoms. The molecule has 1 saturated heterocycles. The molecule has 2 aromatic carbocycles. The maximum absolute atomic E-state index is 13.0. The van der Waals surface area contributed by atoms with E-state index in [0.717, 1.165) is 42.0 Å². The van der Waals surface area contributed by atoms with Gasteiger partial charge < -0.3 is 18.9 Å². The molecule has 31 heavy (non-hydrogen) atoms. The minimum atomic E-state index is 0.0515. The molecule has 2 aliphatic rings. The van der Waals surface area contributed by atoms with Crippen LogP contribution in [-0.2, 0) is 11.2 Å². The van der Waals surface area contributed by atoms with E-state index in [-0.39, 0.29) is 11.9 Å². The molecule has 0 bridgehead atoms. The fourth-order valence-corrected chi connectivity index (χ4v) is 4.24. The van der Waals surface area contributed by atoms with Crippen LogP contribution in [0.2, 0.25) is 5.02 Å². The van der Waals surface area contributed by atoms with Gasteiger partial charge in [-0.3, -0.25) is 4.79 Å². The zero-order valence-corrected chi connectivity index (χ0v) is 17.7. The first-order valence-corrected chi connectivity index (χ1v) is 10.8. The molecule has 0 saturated carbocycles. The number of aromatic nitrogens is 2. The van der Waals surface area contributed by atoms with Crippen molar-refractivity contribution in [1.82, 2.24) is 15.0 Å². The molecule has 5 rings (SSSR count). The monoisotopic (exact) mass is 439 g/mol. The van der Waals surface area contributed by atoms with Crippen LogP contribution in [0.25, 0.3) is 11.4 Å². The number of ether oxygens (including phenoxy) is 2. The highest BCUT2D eigenvalue weighted by atomic mass is 35.5. The summed E-state index contributed by atoms with van der Waals surface area (Å²) in [6.45, 7) is 1.86. The maximum Gasteiger partial charge on any atom is 0.227 e. The molecule has 2 aliphatic heterocycles. The molecular weight excluding hydrogens is 418 g/mol. The third-order valence-corrected chi connectivity index (χ3v) is 5.90. The van der Waals surface area contributed by atoms with E-state index in [4.69, 9.17) is 25.6 Å².